The van der Waals surface area contributed by atoms with E-state index < -0.39 is 22.9 Å². The molecule has 1 saturated heterocycles. The highest BCUT2D eigenvalue weighted by molar-refractivity contribution is 6.18. The SMILES string of the molecule is COC(=O)C1=C(N)Oc2cc(C)n(CC3CCCO3)c(=O)c2C12C(=O)N(C)c1ccccc12. The van der Waals surface area contributed by atoms with Crippen molar-refractivity contribution < 1.29 is 23.8 Å². The molecule has 0 aliphatic carbocycles. The highest BCUT2D eigenvalue weighted by Gasteiger charge is 2.62. The van der Waals surface area contributed by atoms with Crippen LogP contribution >= 0.6 is 0 Å². The van der Waals surface area contributed by atoms with Crippen molar-refractivity contribution in [3.63, 3.8) is 0 Å². The molecule has 2 aromatic rings. The molecule has 1 amide bonds. The first-order valence-electron chi connectivity index (χ1n) is 10.8. The fourth-order valence-corrected chi connectivity index (χ4v) is 5.26. The van der Waals surface area contributed by atoms with Crippen LogP contribution in [0.2, 0.25) is 0 Å². The molecule has 172 valence electrons. The lowest BCUT2D eigenvalue weighted by atomic mass is 9.68. The van der Waals surface area contributed by atoms with E-state index in [-0.39, 0.29) is 28.9 Å². The van der Waals surface area contributed by atoms with Crippen LogP contribution in [0.3, 0.4) is 0 Å². The molecular formula is C24H25N3O6. The molecule has 9 heteroatoms. The summed E-state index contributed by atoms with van der Waals surface area (Å²) in [4.78, 5) is 42.5. The first kappa shape index (κ1) is 21.3. The zero-order valence-corrected chi connectivity index (χ0v) is 18.7. The Morgan fingerprint density at radius 3 is 2.76 bits per heavy atom. The quantitative estimate of drug-likeness (QED) is 0.701. The predicted molar refractivity (Wildman–Crippen MR) is 119 cm³/mol. The molecule has 1 spiro atoms. The Balaban J connectivity index is 1.86. The number of fused-ring (bicyclic) bond motifs is 4. The number of rotatable bonds is 3. The summed E-state index contributed by atoms with van der Waals surface area (Å²) in [6.07, 6.45) is 1.67. The topological polar surface area (TPSA) is 113 Å². The zero-order valence-electron chi connectivity index (χ0n) is 18.7. The minimum Gasteiger partial charge on any atom is -0.465 e. The number of likely N-dealkylation sites (N-methyl/N-ethyl adjacent to an activating group) is 1. The van der Waals surface area contributed by atoms with Crippen molar-refractivity contribution in [1.29, 1.82) is 0 Å². The normalized spacial score (nSPS) is 23.5. The number of carbonyl (C=O) groups is 2. The van der Waals surface area contributed by atoms with Crippen LogP contribution in [0.25, 0.3) is 0 Å². The van der Waals surface area contributed by atoms with E-state index >= 15 is 0 Å². The molecule has 5 rings (SSSR count). The minimum atomic E-state index is -1.78. The van der Waals surface area contributed by atoms with E-state index in [2.05, 4.69) is 0 Å². The van der Waals surface area contributed by atoms with Crippen LogP contribution in [0.5, 0.6) is 5.75 Å². The monoisotopic (exact) mass is 451 g/mol. The maximum atomic E-state index is 14.0. The second kappa shape index (κ2) is 7.48. The van der Waals surface area contributed by atoms with Crippen LogP contribution in [-0.4, -0.2) is 43.3 Å². The summed E-state index contributed by atoms with van der Waals surface area (Å²) in [7, 11) is 2.81. The number of esters is 1. The summed E-state index contributed by atoms with van der Waals surface area (Å²) in [5, 5.41) is 0. The van der Waals surface area contributed by atoms with E-state index in [1.165, 1.54) is 12.0 Å². The van der Waals surface area contributed by atoms with Crippen LogP contribution in [0.4, 0.5) is 5.69 Å². The van der Waals surface area contributed by atoms with Crippen molar-refractivity contribution in [2.75, 3.05) is 25.7 Å². The molecule has 1 aromatic heterocycles. The number of pyridine rings is 1. The van der Waals surface area contributed by atoms with Gasteiger partial charge in [-0.3, -0.25) is 9.59 Å². The van der Waals surface area contributed by atoms with Gasteiger partial charge in [-0.2, -0.15) is 0 Å². The number of nitrogens with two attached hydrogens (primary N) is 1. The van der Waals surface area contributed by atoms with Crippen molar-refractivity contribution in [2.24, 2.45) is 5.73 Å². The molecule has 2 atom stereocenters. The molecule has 3 aliphatic heterocycles. The van der Waals surface area contributed by atoms with Crippen LogP contribution in [0, 0.1) is 6.92 Å². The number of anilines is 1. The number of benzene rings is 1. The average Bonchev–Trinajstić information content (AvgIpc) is 3.39. The Labute approximate surface area is 190 Å². The number of ether oxygens (including phenoxy) is 3. The Morgan fingerprint density at radius 1 is 1.30 bits per heavy atom. The molecule has 2 unspecified atom stereocenters. The molecule has 4 heterocycles. The van der Waals surface area contributed by atoms with Crippen molar-refractivity contribution in [3.05, 3.63) is 69.0 Å². The number of hydrogen-bond donors (Lipinski definition) is 1. The van der Waals surface area contributed by atoms with E-state index in [9.17, 15) is 14.4 Å². The number of hydrogen-bond acceptors (Lipinski definition) is 7. The van der Waals surface area contributed by atoms with E-state index in [0.29, 0.717) is 30.1 Å². The summed E-state index contributed by atoms with van der Waals surface area (Å²) < 4.78 is 18.1. The summed E-state index contributed by atoms with van der Waals surface area (Å²) in [6.45, 7) is 2.78. The summed E-state index contributed by atoms with van der Waals surface area (Å²) >= 11 is 0. The van der Waals surface area contributed by atoms with Gasteiger partial charge in [0.1, 0.15) is 16.7 Å². The molecular weight excluding hydrogens is 426 g/mol. The van der Waals surface area contributed by atoms with Crippen molar-refractivity contribution in [2.45, 2.75) is 37.8 Å². The third kappa shape index (κ3) is 2.78. The number of aryl methyl sites for hydroxylation is 1. The standard InChI is InChI=1S/C24H25N3O6/c1-13-11-17-18(21(28)27(13)12-14-7-6-10-32-14)24(19(20(25)33-17)22(29)31-3)15-8-4-5-9-16(15)26(2)23(24)30/h4-5,8-9,11,14H,6-7,10,12,25H2,1-3H3. The number of carbonyl (C=O) groups excluding carboxylic acids is 2. The molecule has 1 fully saturated rings. The molecule has 3 aliphatic rings. The number of methoxy groups -OCH3 is 1. The lowest BCUT2D eigenvalue weighted by Gasteiger charge is -2.35. The maximum Gasteiger partial charge on any atom is 0.340 e. The Hall–Kier alpha value is -3.59. The van der Waals surface area contributed by atoms with Gasteiger partial charge in [0.05, 0.1) is 25.3 Å². The lowest BCUT2D eigenvalue weighted by molar-refractivity contribution is -0.138. The van der Waals surface area contributed by atoms with Crippen molar-refractivity contribution in [3.8, 4) is 5.75 Å². The van der Waals surface area contributed by atoms with Crippen molar-refractivity contribution in [1.82, 2.24) is 4.57 Å². The van der Waals surface area contributed by atoms with Crippen LogP contribution in [0.15, 0.2) is 46.6 Å². The van der Waals surface area contributed by atoms with Gasteiger partial charge in [-0.15, -0.1) is 0 Å². The third-order valence-electron chi connectivity index (χ3n) is 6.78. The molecule has 0 saturated carbocycles. The fourth-order valence-electron chi connectivity index (χ4n) is 5.26. The first-order valence-corrected chi connectivity index (χ1v) is 10.8. The van der Waals surface area contributed by atoms with E-state index in [1.807, 2.05) is 0 Å². The highest BCUT2D eigenvalue weighted by atomic mass is 16.5. The molecule has 1 aromatic carbocycles. The molecule has 33 heavy (non-hydrogen) atoms. The van der Waals surface area contributed by atoms with Crippen LogP contribution < -0.4 is 20.9 Å². The Bertz CT molecular complexity index is 1270. The van der Waals surface area contributed by atoms with Gasteiger partial charge in [-0.1, -0.05) is 18.2 Å². The predicted octanol–water partition coefficient (Wildman–Crippen LogP) is 1.33. The maximum absolute atomic E-state index is 14.0. The summed E-state index contributed by atoms with van der Waals surface area (Å²) in [5.74, 6) is -1.41. The zero-order chi connectivity index (χ0) is 23.5. The molecule has 9 nitrogen and oxygen atoms in total. The largest absolute Gasteiger partial charge is 0.465 e. The molecule has 2 N–H and O–H groups in total. The summed E-state index contributed by atoms with van der Waals surface area (Å²) in [6, 6.07) is 8.72. The van der Waals surface area contributed by atoms with Crippen LogP contribution in [0.1, 0.15) is 29.7 Å². The number of amides is 1. The van der Waals surface area contributed by atoms with Gasteiger partial charge in [0.25, 0.3) is 5.56 Å². The molecule has 0 radical (unpaired) electrons. The highest BCUT2D eigenvalue weighted by Crippen LogP contribution is 2.54. The van der Waals surface area contributed by atoms with Gasteiger partial charge in [0, 0.05) is 36.7 Å². The Kier molecular flexibility index (Phi) is 4.82. The first-order chi connectivity index (χ1) is 15.8. The number of aromatic nitrogens is 1. The van der Waals surface area contributed by atoms with E-state index in [0.717, 1.165) is 12.8 Å². The average molecular weight is 451 g/mol. The fraction of sp³-hybridized carbons (Fsp3) is 0.375. The van der Waals surface area contributed by atoms with Crippen LogP contribution in [-0.2, 0) is 31.0 Å². The number of para-hydroxylation sites is 1. The Morgan fingerprint density at radius 2 is 2.06 bits per heavy atom. The molecule has 0 bridgehead atoms. The van der Waals surface area contributed by atoms with Gasteiger partial charge >= 0.3 is 5.97 Å². The third-order valence-corrected chi connectivity index (χ3v) is 6.78. The minimum absolute atomic E-state index is 0.0579. The van der Waals surface area contributed by atoms with Gasteiger partial charge in [-0.25, -0.2) is 4.79 Å². The second-order valence-corrected chi connectivity index (χ2v) is 8.54. The smallest absolute Gasteiger partial charge is 0.340 e. The summed E-state index contributed by atoms with van der Waals surface area (Å²) in [5.41, 5.74) is 5.59. The number of nitrogens with zero attached hydrogens (tertiary/aromatic N) is 2. The van der Waals surface area contributed by atoms with E-state index in [1.54, 1.807) is 48.9 Å². The van der Waals surface area contributed by atoms with Gasteiger partial charge in [-0.05, 0) is 25.8 Å². The van der Waals surface area contributed by atoms with E-state index in [4.69, 9.17) is 19.9 Å². The van der Waals surface area contributed by atoms with Crippen molar-refractivity contribution >= 4 is 17.6 Å². The van der Waals surface area contributed by atoms with Gasteiger partial charge in [0.2, 0.25) is 11.8 Å². The second-order valence-electron chi connectivity index (χ2n) is 8.54. The lowest BCUT2D eigenvalue weighted by Crippen LogP contribution is -2.51. The van der Waals surface area contributed by atoms with Gasteiger partial charge in [0.15, 0.2) is 0 Å². The van der Waals surface area contributed by atoms with Gasteiger partial charge < -0.3 is 29.4 Å².